The Hall–Kier alpha value is -2.39. The van der Waals surface area contributed by atoms with Gasteiger partial charge in [-0.25, -0.2) is 12.8 Å². The van der Waals surface area contributed by atoms with Crippen LogP contribution in [-0.2, 0) is 14.6 Å². The molecule has 28 heavy (non-hydrogen) atoms. The second-order valence-corrected chi connectivity index (χ2v) is 10.0. The Labute approximate surface area is 166 Å². The minimum Gasteiger partial charge on any atom is -0.325 e. The van der Waals surface area contributed by atoms with Crippen molar-refractivity contribution in [2.24, 2.45) is 4.99 Å². The molecule has 1 N–H and O–H groups in total. The quantitative estimate of drug-likeness (QED) is 0.824. The number of thioether (sulfide) groups is 1. The van der Waals surface area contributed by atoms with Crippen LogP contribution in [0, 0.1) is 5.82 Å². The first-order valence-electron chi connectivity index (χ1n) is 8.73. The maximum atomic E-state index is 14.5. The normalized spacial score (nSPS) is 22.4. The van der Waals surface area contributed by atoms with Crippen LogP contribution in [-0.4, -0.2) is 48.8 Å². The fourth-order valence-electron chi connectivity index (χ4n) is 3.26. The fourth-order valence-corrected chi connectivity index (χ4v) is 7.04. The number of benzene rings is 2. The first kappa shape index (κ1) is 18.9. The number of rotatable bonds is 4. The van der Waals surface area contributed by atoms with Gasteiger partial charge in [0.05, 0.1) is 23.2 Å². The Kier molecular flexibility index (Phi) is 5.11. The van der Waals surface area contributed by atoms with Crippen LogP contribution in [0.1, 0.15) is 0 Å². The number of hydrogen-bond donors (Lipinski definition) is 1. The standard InChI is InChI=1S/C19H18FN3O3S2/c20-14-8-4-5-9-16(14)23(10-18(24)21-13-6-2-1-3-7-13)19-22-15-11-28(25,26)12-17(15)27-19/h1-9,15,17H,10-12H2,(H,21,24). The Morgan fingerprint density at radius 2 is 1.86 bits per heavy atom. The molecule has 1 fully saturated rings. The Bertz CT molecular complexity index is 1030. The number of halogens is 1. The molecule has 0 saturated carbocycles. The van der Waals surface area contributed by atoms with Crippen LogP contribution in [0.15, 0.2) is 59.6 Å². The van der Waals surface area contributed by atoms with E-state index in [9.17, 15) is 17.6 Å². The van der Waals surface area contributed by atoms with Crippen LogP contribution in [0.25, 0.3) is 0 Å². The number of amidine groups is 1. The van der Waals surface area contributed by atoms with Gasteiger partial charge in [-0.05, 0) is 24.3 Å². The highest BCUT2D eigenvalue weighted by Crippen LogP contribution is 2.37. The topological polar surface area (TPSA) is 78.8 Å². The third kappa shape index (κ3) is 4.05. The summed E-state index contributed by atoms with van der Waals surface area (Å²) in [6.45, 7) is -0.131. The fraction of sp³-hybridized carbons (Fsp3) is 0.263. The number of nitrogens with one attached hydrogen (secondary N) is 1. The highest BCUT2D eigenvalue weighted by molar-refractivity contribution is 8.15. The van der Waals surface area contributed by atoms with Crippen molar-refractivity contribution in [3.63, 3.8) is 0 Å². The predicted octanol–water partition coefficient (Wildman–Crippen LogP) is 2.54. The molecular formula is C19H18FN3O3S2. The van der Waals surface area contributed by atoms with Crippen molar-refractivity contribution >= 4 is 44.0 Å². The summed E-state index contributed by atoms with van der Waals surface area (Å²) in [5.74, 6) is -0.739. The van der Waals surface area contributed by atoms with Gasteiger partial charge in [-0.15, -0.1) is 0 Å². The van der Waals surface area contributed by atoms with Gasteiger partial charge in [0.15, 0.2) is 15.0 Å². The maximum absolute atomic E-state index is 14.5. The van der Waals surface area contributed by atoms with Gasteiger partial charge in [0.1, 0.15) is 12.4 Å². The van der Waals surface area contributed by atoms with Gasteiger partial charge >= 0.3 is 0 Å². The van der Waals surface area contributed by atoms with Crippen molar-refractivity contribution in [3.8, 4) is 0 Å². The molecular weight excluding hydrogens is 401 g/mol. The van der Waals surface area contributed by atoms with Gasteiger partial charge in [0, 0.05) is 10.9 Å². The van der Waals surface area contributed by atoms with Crippen LogP contribution in [0.4, 0.5) is 15.8 Å². The van der Waals surface area contributed by atoms with Crippen molar-refractivity contribution in [3.05, 3.63) is 60.4 Å². The van der Waals surface area contributed by atoms with Crippen molar-refractivity contribution in [1.29, 1.82) is 0 Å². The number of aliphatic imine (C=N–C) groups is 1. The number of amides is 1. The van der Waals surface area contributed by atoms with Crippen molar-refractivity contribution in [1.82, 2.24) is 0 Å². The smallest absolute Gasteiger partial charge is 0.244 e. The summed E-state index contributed by atoms with van der Waals surface area (Å²) in [6.07, 6.45) is 0. The Morgan fingerprint density at radius 3 is 2.57 bits per heavy atom. The van der Waals surface area contributed by atoms with Gasteiger partial charge in [-0.3, -0.25) is 9.79 Å². The minimum absolute atomic E-state index is 0.00447. The Morgan fingerprint density at radius 1 is 1.14 bits per heavy atom. The molecule has 4 rings (SSSR count). The third-order valence-electron chi connectivity index (χ3n) is 4.54. The lowest BCUT2D eigenvalue weighted by atomic mass is 10.2. The van der Waals surface area contributed by atoms with E-state index >= 15 is 0 Å². The zero-order chi connectivity index (χ0) is 19.7. The molecule has 1 saturated heterocycles. The van der Waals surface area contributed by atoms with E-state index < -0.39 is 15.7 Å². The molecule has 0 bridgehead atoms. The molecule has 9 heteroatoms. The summed E-state index contributed by atoms with van der Waals surface area (Å²) >= 11 is 1.29. The summed E-state index contributed by atoms with van der Waals surface area (Å²) < 4.78 is 38.1. The van der Waals surface area contributed by atoms with Crippen LogP contribution >= 0.6 is 11.8 Å². The maximum Gasteiger partial charge on any atom is 0.244 e. The summed E-state index contributed by atoms with van der Waals surface area (Å²) in [4.78, 5) is 18.6. The van der Waals surface area contributed by atoms with Gasteiger partial charge in [-0.2, -0.15) is 0 Å². The summed E-state index contributed by atoms with van der Waals surface area (Å²) in [6, 6.07) is 14.8. The Balaban J connectivity index is 1.59. The molecule has 1 amide bonds. The third-order valence-corrected chi connectivity index (χ3v) is 7.79. The van der Waals surface area contributed by atoms with Crippen LogP contribution < -0.4 is 10.2 Å². The molecule has 0 radical (unpaired) electrons. The molecule has 6 nitrogen and oxygen atoms in total. The number of nitrogens with zero attached hydrogens (tertiary/aromatic N) is 2. The van der Waals surface area contributed by atoms with E-state index in [0.29, 0.717) is 10.9 Å². The molecule has 2 heterocycles. The number of anilines is 2. The average molecular weight is 420 g/mol. The summed E-state index contributed by atoms with van der Waals surface area (Å²) in [5.41, 5.74) is 0.879. The molecule has 146 valence electrons. The molecule has 2 aromatic rings. The molecule has 0 aromatic heterocycles. The van der Waals surface area contributed by atoms with Crippen LogP contribution in [0.3, 0.4) is 0 Å². The lowest BCUT2D eigenvalue weighted by molar-refractivity contribution is -0.114. The SMILES string of the molecule is O=C(CN(C1=NC2CS(=O)(=O)CC2S1)c1ccccc1F)Nc1ccccc1. The highest BCUT2D eigenvalue weighted by Gasteiger charge is 2.44. The number of para-hydroxylation sites is 2. The minimum atomic E-state index is -3.09. The lowest BCUT2D eigenvalue weighted by Gasteiger charge is -2.24. The van der Waals surface area contributed by atoms with Gasteiger partial charge in [-0.1, -0.05) is 42.1 Å². The highest BCUT2D eigenvalue weighted by atomic mass is 32.2. The molecule has 0 spiro atoms. The van der Waals surface area contributed by atoms with E-state index in [1.807, 2.05) is 18.2 Å². The van der Waals surface area contributed by atoms with E-state index in [-0.39, 0.29) is 40.9 Å². The summed E-state index contributed by atoms with van der Waals surface area (Å²) in [5, 5.41) is 3.07. The number of hydrogen-bond acceptors (Lipinski definition) is 6. The van der Waals surface area contributed by atoms with E-state index in [1.165, 1.54) is 22.7 Å². The number of carbonyl (C=O) groups is 1. The molecule has 0 aliphatic carbocycles. The van der Waals surface area contributed by atoms with Crippen molar-refractivity contribution in [2.45, 2.75) is 11.3 Å². The second-order valence-electron chi connectivity index (χ2n) is 6.66. The van der Waals surface area contributed by atoms with Crippen molar-refractivity contribution < 1.29 is 17.6 Å². The van der Waals surface area contributed by atoms with Gasteiger partial charge in [0.2, 0.25) is 5.91 Å². The molecule has 2 unspecified atom stereocenters. The average Bonchev–Trinajstić information content (AvgIpc) is 3.14. The van der Waals surface area contributed by atoms with Crippen molar-refractivity contribution in [2.75, 3.05) is 28.3 Å². The number of fused-ring (bicyclic) bond motifs is 1. The zero-order valence-electron chi connectivity index (χ0n) is 14.8. The largest absolute Gasteiger partial charge is 0.325 e. The van der Waals surface area contributed by atoms with E-state index in [4.69, 9.17) is 0 Å². The van der Waals surface area contributed by atoms with Crippen LogP contribution in [0.2, 0.25) is 0 Å². The molecule has 2 aliphatic rings. The zero-order valence-corrected chi connectivity index (χ0v) is 16.4. The lowest BCUT2D eigenvalue weighted by Crippen LogP contribution is -2.37. The van der Waals surface area contributed by atoms with Gasteiger partial charge in [0.25, 0.3) is 0 Å². The first-order valence-corrected chi connectivity index (χ1v) is 11.4. The van der Waals surface area contributed by atoms with E-state index in [1.54, 1.807) is 30.3 Å². The van der Waals surface area contributed by atoms with E-state index in [0.717, 1.165) is 0 Å². The molecule has 2 aromatic carbocycles. The monoisotopic (exact) mass is 419 g/mol. The first-order chi connectivity index (χ1) is 13.4. The second kappa shape index (κ2) is 7.56. The molecule has 2 aliphatic heterocycles. The summed E-state index contributed by atoms with van der Waals surface area (Å²) in [7, 11) is -3.09. The van der Waals surface area contributed by atoms with E-state index in [2.05, 4.69) is 10.3 Å². The number of carbonyl (C=O) groups excluding carboxylic acids is 1. The molecule has 2 atom stereocenters. The predicted molar refractivity (Wildman–Crippen MR) is 110 cm³/mol. The van der Waals surface area contributed by atoms with Crippen LogP contribution in [0.5, 0.6) is 0 Å². The number of sulfone groups is 1. The van der Waals surface area contributed by atoms with Gasteiger partial charge < -0.3 is 10.2 Å².